The van der Waals surface area contributed by atoms with Gasteiger partial charge in [-0.2, -0.15) is 8.78 Å². The van der Waals surface area contributed by atoms with Crippen LogP contribution in [0.15, 0.2) is 6.07 Å². The second-order valence-electron chi connectivity index (χ2n) is 4.61. The molecule has 0 aliphatic rings. The molecule has 20 heavy (non-hydrogen) atoms. The van der Waals surface area contributed by atoms with Crippen molar-refractivity contribution in [2.45, 2.75) is 33.1 Å². The predicted octanol–water partition coefficient (Wildman–Crippen LogP) is 3.62. The van der Waals surface area contributed by atoms with Gasteiger partial charge in [0.25, 0.3) is 5.92 Å². The van der Waals surface area contributed by atoms with Gasteiger partial charge in [0.05, 0.1) is 5.56 Å². The number of carboxylic acid groups (broad SMARTS) is 1. The topological polar surface area (TPSA) is 54.6 Å². The zero-order chi connectivity index (χ0) is 15.2. The molecule has 2 rings (SSSR count). The average molecular weight is 394 g/mol. The van der Waals surface area contributed by atoms with Gasteiger partial charge in [0, 0.05) is 12.6 Å². The van der Waals surface area contributed by atoms with E-state index in [9.17, 15) is 18.7 Å². The molecule has 0 spiro atoms. The molecule has 2 heterocycles. The lowest BCUT2D eigenvalue weighted by Gasteiger charge is -2.11. The third kappa shape index (κ3) is 2.27. The summed E-state index contributed by atoms with van der Waals surface area (Å²) in [5.41, 5.74) is 1.29. The number of alkyl halides is 2. The van der Waals surface area contributed by atoms with Crippen LogP contribution in [0.4, 0.5) is 8.78 Å². The summed E-state index contributed by atoms with van der Waals surface area (Å²) in [7, 11) is 0. The SMILES string of the molecule is CCc1c(C(=O)O)cc2nc(C(C)(F)F)c(I)n2c1C. The van der Waals surface area contributed by atoms with Gasteiger partial charge in [-0.1, -0.05) is 6.92 Å². The fraction of sp³-hybridized carbons (Fsp3) is 0.385. The van der Waals surface area contributed by atoms with Crippen LogP contribution in [0.5, 0.6) is 0 Å². The summed E-state index contributed by atoms with van der Waals surface area (Å²) in [4.78, 5) is 15.2. The molecule has 0 aromatic carbocycles. The number of nitrogens with zero attached hydrogens (tertiary/aromatic N) is 2. The van der Waals surface area contributed by atoms with Crippen molar-refractivity contribution in [3.8, 4) is 0 Å². The monoisotopic (exact) mass is 394 g/mol. The molecular formula is C13H13F2IN2O2. The lowest BCUT2D eigenvalue weighted by atomic mass is 10.0. The van der Waals surface area contributed by atoms with Gasteiger partial charge in [0.15, 0.2) is 0 Å². The van der Waals surface area contributed by atoms with Crippen molar-refractivity contribution in [3.05, 3.63) is 32.3 Å². The largest absolute Gasteiger partial charge is 0.478 e. The van der Waals surface area contributed by atoms with Crippen LogP contribution in [0.1, 0.15) is 41.2 Å². The molecular weight excluding hydrogens is 381 g/mol. The quantitative estimate of drug-likeness (QED) is 0.810. The Morgan fingerprint density at radius 3 is 2.60 bits per heavy atom. The summed E-state index contributed by atoms with van der Waals surface area (Å²) >= 11 is 1.82. The third-order valence-corrected chi connectivity index (χ3v) is 4.21. The van der Waals surface area contributed by atoms with Crippen LogP contribution >= 0.6 is 22.6 Å². The highest BCUT2D eigenvalue weighted by atomic mass is 127. The predicted molar refractivity (Wildman–Crippen MR) is 78.6 cm³/mol. The molecule has 1 N–H and O–H groups in total. The molecule has 0 atom stereocenters. The van der Waals surface area contributed by atoms with E-state index in [4.69, 9.17) is 0 Å². The van der Waals surface area contributed by atoms with E-state index in [1.807, 2.05) is 29.5 Å². The van der Waals surface area contributed by atoms with E-state index in [0.29, 0.717) is 21.4 Å². The number of carboxylic acids is 1. The van der Waals surface area contributed by atoms with E-state index < -0.39 is 11.9 Å². The summed E-state index contributed by atoms with van der Waals surface area (Å²) in [5, 5.41) is 9.23. The highest BCUT2D eigenvalue weighted by molar-refractivity contribution is 14.1. The molecule has 0 aliphatic carbocycles. The maximum Gasteiger partial charge on any atom is 0.336 e. The van der Waals surface area contributed by atoms with Gasteiger partial charge in [-0.3, -0.25) is 4.40 Å². The van der Waals surface area contributed by atoms with E-state index in [1.165, 1.54) is 6.07 Å². The Morgan fingerprint density at radius 1 is 1.55 bits per heavy atom. The molecule has 4 nitrogen and oxygen atoms in total. The molecule has 0 radical (unpaired) electrons. The minimum atomic E-state index is -3.06. The maximum absolute atomic E-state index is 13.5. The van der Waals surface area contributed by atoms with E-state index in [0.717, 1.165) is 6.92 Å². The fourth-order valence-corrected chi connectivity index (χ4v) is 3.50. The maximum atomic E-state index is 13.5. The fourth-order valence-electron chi connectivity index (χ4n) is 2.30. The first kappa shape index (κ1) is 15.1. The van der Waals surface area contributed by atoms with Crippen molar-refractivity contribution in [1.29, 1.82) is 0 Å². The lowest BCUT2D eigenvalue weighted by Crippen LogP contribution is -2.10. The molecule has 0 saturated carbocycles. The van der Waals surface area contributed by atoms with Gasteiger partial charge in [-0.25, -0.2) is 9.78 Å². The van der Waals surface area contributed by atoms with Gasteiger partial charge >= 0.3 is 5.97 Å². The second-order valence-corrected chi connectivity index (χ2v) is 5.64. The van der Waals surface area contributed by atoms with Crippen LogP contribution in [0.25, 0.3) is 5.65 Å². The summed E-state index contributed by atoms with van der Waals surface area (Å²) in [6.07, 6.45) is 0.509. The smallest absolute Gasteiger partial charge is 0.336 e. The molecule has 0 aliphatic heterocycles. The number of fused-ring (bicyclic) bond motifs is 1. The number of hydrogen-bond donors (Lipinski definition) is 1. The second kappa shape index (κ2) is 4.94. The minimum absolute atomic E-state index is 0.116. The number of hydrogen-bond acceptors (Lipinski definition) is 2. The van der Waals surface area contributed by atoms with Crippen LogP contribution < -0.4 is 0 Å². The van der Waals surface area contributed by atoms with Crippen molar-refractivity contribution in [2.75, 3.05) is 0 Å². The Balaban J connectivity index is 2.90. The molecule has 0 unspecified atom stereocenters. The number of rotatable bonds is 3. The molecule has 0 bridgehead atoms. The molecule has 2 aromatic heterocycles. The van der Waals surface area contributed by atoms with E-state index >= 15 is 0 Å². The van der Waals surface area contributed by atoms with Crippen LogP contribution in [0.2, 0.25) is 0 Å². The van der Waals surface area contributed by atoms with Gasteiger partial charge < -0.3 is 5.11 Å². The number of halogens is 3. The average Bonchev–Trinajstić information content (AvgIpc) is 2.66. The Labute approximate surface area is 128 Å². The number of aromatic carboxylic acids is 1. The highest BCUT2D eigenvalue weighted by Gasteiger charge is 2.32. The molecule has 108 valence electrons. The molecule has 0 amide bonds. The number of carbonyl (C=O) groups is 1. The first-order valence-electron chi connectivity index (χ1n) is 6.00. The third-order valence-electron chi connectivity index (χ3n) is 3.22. The lowest BCUT2D eigenvalue weighted by molar-refractivity contribution is 0.0123. The molecule has 0 fully saturated rings. The van der Waals surface area contributed by atoms with Gasteiger partial charge in [-0.05, 0) is 47.6 Å². The summed E-state index contributed by atoms with van der Waals surface area (Å²) in [6.45, 7) is 4.34. The Hall–Kier alpha value is -1.25. The molecule has 2 aromatic rings. The van der Waals surface area contributed by atoms with Crippen LogP contribution in [0, 0.1) is 10.6 Å². The Morgan fingerprint density at radius 2 is 2.15 bits per heavy atom. The van der Waals surface area contributed by atoms with Crippen LogP contribution in [-0.4, -0.2) is 20.5 Å². The molecule has 0 saturated heterocycles. The van der Waals surface area contributed by atoms with Gasteiger partial charge in [0.2, 0.25) is 0 Å². The first-order valence-corrected chi connectivity index (χ1v) is 7.08. The normalized spacial score (nSPS) is 12.1. The summed E-state index contributed by atoms with van der Waals surface area (Å²) < 4.78 is 29.0. The molecule has 7 heteroatoms. The van der Waals surface area contributed by atoms with Crippen molar-refractivity contribution < 1.29 is 18.7 Å². The standard InChI is InChI=1S/C13H13F2IN2O2/c1-4-7-6(2)18-9(5-8(7)12(19)20)17-10(11(18)16)13(3,14)15/h5H,4H2,1-3H3,(H,19,20). The minimum Gasteiger partial charge on any atom is -0.478 e. The number of aromatic nitrogens is 2. The first-order chi connectivity index (χ1) is 9.18. The zero-order valence-electron chi connectivity index (χ0n) is 11.2. The van der Waals surface area contributed by atoms with Crippen LogP contribution in [-0.2, 0) is 12.3 Å². The van der Waals surface area contributed by atoms with Crippen molar-refractivity contribution in [2.24, 2.45) is 0 Å². The number of aryl methyl sites for hydroxylation is 1. The Bertz CT molecular complexity index is 705. The van der Waals surface area contributed by atoms with Crippen molar-refractivity contribution in [3.63, 3.8) is 0 Å². The van der Waals surface area contributed by atoms with Gasteiger partial charge in [0.1, 0.15) is 15.0 Å². The van der Waals surface area contributed by atoms with Crippen molar-refractivity contribution >= 4 is 34.2 Å². The number of imidazole rings is 1. The zero-order valence-corrected chi connectivity index (χ0v) is 13.3. The van der Waals surface area contributed by atoms with E-state index in [2.05, 4.69) is 4.98 Å². The highest BCUT2D eigenvalue weighted by Crippen LogP contribution is 2.32. The van der Waals surface area contributed by atoms with E-state index in [1.54, 1.807) is 11.3 Å². The number of pyridine rings is 1. The van der Waals surface area contributed by atoms with Crippen molar-refractivity contribution in [1.82, 2.24) is 9.38 Å². The Kier molecular flexibility index (Phi) is 3.74. The summed E-state index contributed by atoms with van der Waals surface area (Å²) in [5.74, 6) is -4.14. The summed E-state index contributed by atoms with van der Waals surface area (Å²) in [6, 6.07) is 1.35. The van der Waals surface area contributed by atoms with Gasteiger partial charge in [-0.15, -0.1) is 0 Å². The van der Waals surface area contributed by atoms with E-state index in [-0.39, 0.29) is 16.9 Å². The van der Waals surface area contributed by atoms with Crippen LogP contribution in [0.3, 0.4) is 0 Å².